The number of hydrogen-bond acceptors (Lipinski definition) is 2. The highest BCUT2D eigenvalue weighted by Crippen LogP contribution is 2.67. The van der Waals surface area contributed by atoms with Crippen molar-refractivity contribution in [1.29, 1.82) is 0 Å². The summed E-state index contributed by atoms with van der Waals surface area (Å²) >= 11 is 0. The van der Waals surface area contributed by atoms with Gasteiger partial charge in [0.1, 0.15) is 0 Å². The zero-order valence-electron chi connectivity index (χ0n) is 23.0. The van der Waals surface area contributed by atoms with Gasteiger partial charge in [-0.3, -0.25) is 0 Å². The predicted octanol–water partition coefficient (Wildman–Crippen LogP) is 8.16. The largest absolute Gasteiger partial charge is 0.390 e. The van der Waals surface area contributed by atoms with Gasteiger partial charge in [-0.15, -0.1) is 0 Å². The Labute approximate surface area is 214 Å². The molecule has 0 amide bonds. The highest BCUT2D eigenvalue weighted by Gasteiger charge is 2.59. The van der Waals surface area contributed by atoms with Gasteiger partial charge in [0.2, 0.25) is 0 Å². The van der Waals surface area contributed by atoms with Crippen LogP contribution in [0.25, 0.3) is 0 Å². The molecule has 1 aromatic carbocycles. The van der Waals surface area contributed by atoms with Gasteiger partial charge in [-0.1, -0.05) is 69.2 Å². The van der Waals surface area contributed by atoms with Crippen molar-refractivity contribution < 1.29 is 10.2 Å². The first kappa shape index (κ1) is 25.5. The first-order valence-electron chi connectivity index (χ1n) is 14.8. The molecule has 0 radical (unpaired) electrons. The van der Waals surface area contributed by atoms with Crippen molar-refractivity contribution in [3.05, 3.63) is 47.0 Å². The molecule has 0 heterocycles. The molecule has 35 heavy (non-hydrogen) atoms. The van der Waals surface area contributed by atoms with Crippen LogP contribution < -0.4 is 0 Å². The first-order chi connectivity index (χ1) is 16.6. The fraction of sp³-hybridized carbons (Fsp3) is 0.758. The van der Waals surface area contributed by atoms with E-state index in [0.29, 0.717) is 16.7 Å². The van der Waals surface area contributed by atoms with Crippen molar-refractivity contribution in [1.82, 2.24) is 0 Å². The predicted molar refractivity (Wildman–Crippen MR) is 145 cm³/mol. The van der Waals surface area contributed by atoms with Gasteiger partial charge >= 0.3 is 0 Å². The summed E-state index contributed by atoms with van der Waals surface area (Å²) in [7, 11) is 0. The third-order valence-electron chi connectivity index (χ3n) is 12.0. The lowest BCUT2D eigenvalue weighted by Gasteiger charge is -2.59. The van der Waals surface area contributed by atoms with Gasteiger partial charge in [0, 0.05) is 0 Å². The van der Waals surface area contributed by atoms with Gasteiger partial charge in [0.15, 0.2) is 0 Å². The average Bonchev–Trinajstić information content (AvgIpc) is 3.20. The summed E-state index contributed by atoms with van der Waals surface area (Å²) in [6.45, 7) is 11.9. The SMILES string of the molecule is CC[C@]1(O)CC[C@@]2(C)C(=CC[C@H]3[C@@H]4CC[C@H](C(C)CC[C@@H](O)c5cccc(C)c5)[C@@]4(C)CC[C@@H]32)C1. The van der Waals surface area contributed by atoms with E-state index in [0.717, 1.165) is 61.3 Å². The molecule has 1 unspecified atom stereocenters. The van der Waals surface area contributed by atoms with Gasteiger partial charge < -0.3 is 10.2 Å². The van der Waals surface area contributed by atoms with Crippen molar-refractivity contribution in [2.45, 2.75) is 117 Å². The minimum atomic E-state index is -0.460. The van der Waals surface area contributed by atoms with Crippen LogP contribution in [0.1, 0.15) is 116 Å². The maximum atomic E-state index is 11.0. The highest BCUT2D eigenvalue weighted by atomic mass is 16.3. The maximum absolute atomic E-state index is 11.0. The van der Waals surface area contributed by atoms with E-state index in [1.54, 1.807) is 5.57 Å². The summed E-state index contributed by atoms with van der Waals surface area (Å²) in [5, 5.41) is 21.9. The Morgan fingerprint density at radius 2 is 1.83 bits per heavy atom. The summed E-state index contributed by atoms with van der Waals surface area (Å²) in [5.74, 6) is 3.93. The molecule has 4 aliphatic carbocycles. The third kappa shape index (κ3) is 4.35. The maximum Gasteiger partial charge on any atom is 0.0790 e. The van der Waals surface area contributed by atoms with E-state index in [9.17, 15) is 10.2 Å². The zero-order chi connectivity index (χ0) is 25.0. The molecule has 0 spiro atoms. The monoisotopic (exact) mass is 478 g/mol. The van der Waals surface area contributed by atoms with E-state index in [4.69, 9.17) is 0 Å². The summed E-state index contributed by atoms with van der Waals surface area (Å²) in [5.41, 5.74) is 4.20. The summed E-state index contributed by atoms with van der Waals surface area (Å²) in [6, 6.07) is 8.39. The van der Waals surface area contributed by atoms with E-state index in [1.165, 1.54) is 44.1 Å². The van der Waals surface area contributed by atoms with E-state index < -0.39 is 5.60 Å². The third-order valence-corrected chi connectivity index (χ3v) is 12.0. The van der Waals surface area contributed by atoms with Crippen LogP contribution in [0.2, 0.25) is 0 Å². The number of hydrogen-bond donors (Lipinski definition) is 2. The number of aliphatic hydroxyl groups is 2. The van der Waals surface area contributed by atoms with Crippen LogP contribution in [0, 0.1) is 47.3 Å². The lowest BCUT2D eigenvalue weighted by molar-refractivity contribution is -0.0757. The van der Waals surface area contributed by atoms with Crippen molar-refractivity contribution >= 4 is 0 Å². The summed E-state index contributed by atoms with van der Waals surface area (Å²) in [4.78, 5) is 0. The number of aryl methyl sites for hydroxylation is 1. The quantitative estimate of drug-likeness (QED) is 0.405. The van der Waals surface area contributed by atoms with Crippen LogP contribution in [-0.4, -0.2) is 15.8 Å². The second kappa shape index (κ2) is 9.32. The molecule has 0 saturated heterocycles. The Balaban J connectivity index is 1.27. The molecular weight excluding hydrogens is 428 g/mol. The van der Waals surface area contributed by atoms with Gasteiger partial charge in [-0.2, -0.15) is 0 Å². The first-order valence-corrected chi connectivity index (χ1v) is 14.8. The van der Waals surface area contributed by atoms with E-state index >= 15 is 0 Å². The normalized spacial score (nSPS) is 42.4. The van der Waals surface area contributed by atoms with Crippen LogP contribution in [0.4, 0.5) is 0 Å². The Bertz CT molecular complexity index is 950. The summed E-state index contributed by atoms with van der Waals surface area (Å²) < 4.78 is 0. The molecule has 0 aliphatic heterocycles. The average molecular weight is 479 g/mol. The Morgan fingerprint density at radius 3 is 2.57 bits per heavy atom. The van der Waals surface area contributed by atoms with Crippen LogP contribution in [-0.2, 0) is 0 Å². The summed E-state index contributed by atoms with van der Waals surface area (Å²) in [6.07, 6.45) is 14.9. The van der Waals surface area contributed by atoms with E-state index in [2.05, 4.69) is 65.0 Å². The van der Waals surface area contributed by atoms with Gasteiger partial charge in [0.25, 0.3) is 0 Å². The lowest BCUT2D eigenvalue weighted by atomic mass is 9.46. The fourth-order valence-electron chi connectivity index (χ4n) is 9.66. The molecule has 194 valence electrons. The molecule has 2 heteroatoms. The lowest BCUT2D eigenvalue weighted by Crippen LogP contribution is -2.52. The number of aliphatic hydroxyl groups excluding tert-OH is 1. The number of fused-ring (bicyclic) bond motifs is 5. The van der Waals surface area contributed by atoms with Crippen molar-refractivity contribution in [3.8, 4) is 0 Å². The highest BCUT2D eigenvalue weighted by molar-refractivity contribution is 5.27. The van der Waals surface area contributed by atoms with Crippen molar-refractivity contribution in [2.24, 2.45) is 40.4 Å². The van der Waals surface area contributed by atoms with Crippen LogP contribution in [0.15, 0.2) is 35.9 Å². The van der Waals surface area contributed by atoms with Gasteiger partial charge in [-0.05, 0) is 124 Å². The Kier molecular flexibility index (Phi) is 6.80. The smallest absolute Gasteiger partial charge is 0.0790 e. The number of benzene rings is 1. The Hall–Kier alpha value is -1.12. The molecule has 9 atom stereocenters. The molecule has 2 N–H and O–H groups in total. The number of allylic oxidation sites excluding steroid dienone is 1. The van der Waals surface area contributed by atoms with Crippen LogP contribution >= 0.6 is 0 Å². The molecular formula is C33H50O2. The topological polar surface area (TPSA) is 40.5 Å². The van der Waals surface area contributed by atoms with Crippen molar-refractivity contribution in [3.63, 3.8) is 0 Å². The minimum absolute atomic E-state index is 0.313. The molecule has 2 nitrogen and oxygen atoms in total. The van der Waals surface area contributed by atoms with Gasteiger partial charge in [-0.25, -0.2) is 0 Å². The zero-order valence-corrected chi connectivity index (χ0v) is 23.0. The van der Waals surface area contributed by atoms with Gasteiger partial charge in [0.05, 0.1) is 11.7 Å². The molecule has 3 fully saturated rings. The molecule has 1 aromatic rings. The molecule has 3 saturated carbocycles. The van der Waals surface area contributed by atoms with Crippen molar-refractivity contribution in [2.75, 3.05) is 0 Å². The molecule has 5 rings (SSSR count). The van der Waals surface area contributed by atoms with E-state index in [1.807, 2.05) is 0 Å². The molecule has 0 aromatic heterocycles. The fourth-order valence-corrected chi connectivity index (χ4v) is 9.66. The van der Waals surface area contributed by atoms with Crippen LogP contribution in [0.5, 0.6) is 0 Å². The molecule has 0 bridgehead atoms. The standard InChI is InChI=1S/C33H50O2/c1-6-33(35)19-18-31(4)25(21-33)11-12-26-28-14-13-27(32(28,5)17-16-29(26)31)23(3)10-15-30(34)24-9-7-8-22(2)20-24/h7-9,11,20,23,26-30,34-35H,6,10,12-19,21H2,1-5H3/t23?,26-,27+,28-,29-,30+,31-,32+,33-/m0/s1. The van der Waals surface area contributed by atoms with Crippen LogP contribution in [0.3, 0.4) is 0 Å². The second-order valence-corrected chi connectivity index (χ2v) is 13.7. The second-order valence-electron chi connectivity index (χ2n) is 13.7. The number of rotatable bonds is 6. The minimum Gasteiger partial charge on any atom is -0.390 e. The Morgan fingerprint density at radius 1 is 1.03 bits per heavy atom. The van der Waals surface area contributed by atoms with E-state index in [-0.39, 0.29) is 6.10 Å². The molecule has 4 aliphatic rings.